The molecule has 76 valence electrons. The molecule has 1 rings (SSSR count). The Morgan fingerprint density at radius 2 is 2.36 bits per heavy atom. The van der Waals surface area contributed by atoms with Crippen molar-refractivity contribution in [1.29, 1.82) is 0 Å². The van der Waals surface area contributed by atoms with Crippen molar-refractivity contribution >= 4 is 33.4 Å². The third-order valence-electron chi connectivity index (χ3n) is 1.52. The molecule has 0 fully saturated rings. The van der Waals surface area contributed by atoms with Crippen LogP contribution in [0.3, 0.4) is 0 Å². The van der Waals surface area contributed by atoms with Crippen LogP contribution in [-0.2, 0) is 4.74 Å². The Labute approximate surface area is 90.6 Å². The summed E-state index contributed by atoms with van der Waals surface area (Å²) in [6.45, 7) is 2.09. The lowest BCUT2D eigenvalue weighted by Crippen LogP contribution is -2.13. The van der Waals surface area contributed by atoms with Crippen LogP contribution in [0.25, 0.3) is 0 Å². The van der Waals surface area contributed by atoms with E-state index in [1.807, 2.05) is 0 Å². The van der Waals surface area contributed by atoms with Gasteiger partial charge in [0.1, 0.15) is 0 Å². The highest BCUT2D eigenvalue weighted by molar-refractivity contribution is 9.10. The number of nitrogens with two attached hydrogens (primary N) is 1. The normalized spacial score (nSPS) is 9.57. The number of carbonyl (C=O) groups excluding carboxylic acids is 1. The number of hydrogen-bond donors (Lipinski definition) is 2. The first-order chi connectivity index (χ1) is 6.63. The average Bonchev–Trinajstić information content (AvgIpc) is 2.12. The average molecular weight is 259 g/mol. The Morgan fingerprint density at radius 3 is 2.93 bits per heavy atom. The van der Waals surface area contributed by atoms with Gasteiger partial charge in [-0.2, -0.15) is 0 Å². The smallest absolute Gasteiger partial charge is 0.411 e. The summed E-state index contributed by atoms with van der Waals surface area (Å²) in [5, 5.41) is 2.55. The van der Waals surface area contributed by atoms with Crippen molar-refractivity contribution in [3.05, 3.63) is 22.7 Å². The maximum Gasteiger partial charge on any atom is 0.411 e. The molecule has 0 bridgehead atoms. The van der Waals surface area contributed by atoms with Crippen LogP contribution in [0.15, 0.2) is 22.7 Å². The fourth-order valence-corrected chi connectivity index (χ4v) is 1.15. The molecule has 0 aliphatic rings. The van der Waals surface area contributed by atoms with Crippen LogP contribution < -0.4 is 11.1 Å². The molecular formula is C9H11BrN2O2. The molecule has 0 aliphatic heterocycles. The zero-order valence-electron chi connectivity index (χ0n) is 7.71. The van der Waals surface area contributed by atoms with E-state index in [2.05, 4.69) is 21.2 Å². The zero-order chi connectivity index (χ0) is 10.6. The van der Waals surface area contributed by atoms with Crippen LogP contribution in [0.2, 0.25) is 0 Å². The Balaban J connectivity index is 2.68. The van der Waals surface area contributed by atoms with E-state index in [0.29, 0.717) is 18.0 Å². The molecular weight excluding hydrogens is 248 g/mol. The van der Waals surface area contributed by atoms with Gasteiger partial charge < -0.3 is 10.5 Å². The molecule has 0 radical (unpaired) electrons. The van der Waals surface area contributed by atoms with Crippen LogP contribution in [0.1, 0.15) is 6.92 Å². The fourth-order valence-electron chi connectivity index (χ4n) is 0.907. The van der Waals surface area contributed by atoms with Crippen molar-refractivity contribution in [2.75, 3.05) is 17.7 Å². The predicted molar refractivity (Wildman–Crippen MR) is 59.2 cm³/mol. The summed E-state index contributed by atoms with van der Waals surface area (Å²) in [5.74, 6) is 0. The van der Waals surface area contributed by atoms with Gasteiger partial charge in [0, 0.05) is 15.8 Å². The number of ether oxygens (including phenoxy) is 1. The van der Waals surface area contributed by atoms with Crippen LogP contribution in [0, 0.1) is 0 Å². The number of nitrogen functional groups attached to an aromatic ring is 1. The molecule has 14 heavy (non-hydrogen) atoms. The molecule has 0 saturated carbocycles. The number of anilines is 2. The zero-order valence-corrected chi connectivity index (χ0v) is 9.30. The molecule has 4 nitrogen and oxygen atoms in total. The number of halogens is 1. The maximum absolute atomic E-state index is 11.0. The van der Waals surface area contributed by atoms with Gasteiger partial charge in [-0.1, -0.05) is 0 Å². The Bertz CT molecular complexity index is 342. The summed E-state index contributed by atoms with van der Waals surface area (Å²) in [4.78, 5) is 11.0. The number of nitrogens with one attached hydrogen (secondary N) is 1. The molecule has 0 spiro atoms. The highest BCUT2D eigenvalue weighted by Crippen LogP contribution is 2.22. The van der Waals surface area contributed by atoms with Crippen LogP contribution in [0.4, 0.5) is 16.2 Å². The van der Waals surface area contributed by atoms with Gasteiger partial charge in [0.05, 0.1) is 6.61 Å². The fraction of sp³-hybridized carbons (Fsp3) is 0.222. The van der Waals surface area contributed by atoms with Gasteiger partial charge in [0.25, 0.3) is 0 Å². The summed E-state index contributed by atoms with van der Waals surface area (Å²) in [6.07, 6.45) is -0.478. The quantitative estimate of drug-likeness (QED) is 0.802. The van der Waals surface area contributed by atoms with Crippen molar-refractivity contribution in [2.45, 2.75) is 6.92 Å². The number of hydrogen-bond acceptors (Lipinski definition) is 3. The van der Waals surface area contributed by atoms with Gasteiger partial charge in [0.2, 0.25) is 0 Å². The van der Waals surface area contributed by atoms with E-state index in [-0.39, 0.29) is 0 Å². The molecule has 1 amide bonds. The number of rotatable bonds is 2. The van der Waals surface area contributed by atoms with E-state index in [9.17, 15) is 4.79 Å². The van der Waals surface area contributed by atoms with Crippen molar-refractivity contribution < 1.29 is 9.53 Å². The second kappa shape index (κ2) is 4.85. The van der Waals surface area contributed by atoms with Crippen LogP contribution in [0.5, 0.6) is 0 Å². The second-order valence-electron chi connectivity index (χ2n) is 2.58. The highest BCUT2D eigenvalue weighted by Gasteiger charge is 2.02. The molecule has 3 N–H and O–H groups in total. The van der Waals surface area contributed by atoms with E-state index in [1.165, 1.54) is 0 Å². The highest BCUT2D eigenvalue weighted by atomic mass is 79.9. The Kier molecular flexibility index (Phi) is 3.76. The monoisotopic (exact) mass is 258 g/mol. The maximum atomic E-state index is 11.0. The summed E-state index contributed by atoms with van der Waals surface area (Å²) in [7, 11) is 0. The molecule has 0 aromatic heterocycles. The topological polar surface area (TPSA) is 64.3 Å². The van der Waals surface area contributed by atoms with E-state index in [4.69, 9.17) is 10.5 Å². The molecule has 0 atom stereocenters. The number of benzene rings is 1. The van der Waals surface area contributed by atoms with Crippen LogP contribution in [-0.4, -0.2) is 12.7 Å². The van der Waals surface area contributed by atoms with E-state index >= 15 is 0 Å². The third-order valence-corrected chi connectivity index (χ3v) is 2.24. The summed E-state index contributed by atoms with van der Waals surface area (Å²) >= 11 is 3.26. The molecule has 5 heteroatoms. The third kappa shape index (κ3) is 2.92. The summed E-state index contributed by atoms with van der Waals surface area (Å²) < 4.78 is 5.51. The first-order valence-electron chi connectivity index (χ1n) is 4.12. The minimum atomic E-state index is -0.478. The largest absolute Gasteiger partial charge is 0.450 e. The van der Waals surface area contributed by atoms with Gasteiger partial charge in [-0.3, -0.25) is 5.32 Å². The van der Waals surface area contributed by atoms with E-state index < -0.39 is 6.09 Å². The van der Waals surface area contributed by atoms with E-state index in [1.54, 1.807) is 25.1 Å². The van der Waals surface area contributed by atoms with Crippen molar-refractivity contribution in [2.24, 2.45) is 0 Å². The van der Waals surface area contributed by atoms with E-state index in [0.717, 1.165) is 4.47 Å². The molecule has 1 aromatic carbocycles. The van der Waals surface area contributed by atoms with Crippen molar-refractivity contribution in [3.8, 4) is 0 Å². The van der Waals surface area contributed by atoms with Gasteiger partial charge in [0.15, 0.2) is 0 Å². The molecule has 0 unspecified atom stereocenters. The molecule has 1 aromatic rings. The second-order valence-corrected chi connectivity index (χ2v) is 3.44. The van der Waals surface area contributed by atoms with Gasteiger partial charge >= 0.3 is 6.09 Å². The van der Waals surface area contributed by atoms with Crippen molar-refractivity contribution in [3.63, 3.8) is 0 Å². The number of carbonyl (C=O) groups is 1. The van der Waals surface area contributed by atoms with Crippen LogP contribution >= 0.6 is 15.9 Å². The minimum absolute atomic E-state index is 0.345. The summed E-state index contributed by atoms with van der Waals surface area (Å²) in [5.41, 5.74) is 6.82. The SMILES string of the molecule is CCOC(=O)Nc1ccc(Br)c(N)c1. The molecule has 0 aliphatic carbocycles. The van der Waals surface area contributed by atoms with Gasteiger partial charge in [-0.25, -0.2) is 4.79 Å². The minimum Gasteiger partial charge on any atom is -0.450 e. The molecule has 0 saturated heterocycles. The summed E-state index contributed by atoms with van der Waals surface area (Å²) in [6, 6.07) is 5.15. The molecule has 0 heterocycles. The first kappa shape index (κ1) is 10.8. The van der Waals surface area contributed by atoms with Gasteiger partial charge in [-0.05, 0) is 41.1 Å². The first-order valence-corrected chi connectivity index (χ1v) is 4.91. The Hall–Kier alpha value is -1.23. The van der Waals surface area contributed by atoms with Gasteiger partial charge in [-0.15, -0.1) is 0 Å². The lowest BCUT2D eigenvalue weighted by atomic mass is 10.3. The standard InChI is InChI=1S/C9H11BrN2O2/c1-2-14-9(13)12-6-3-4-7(10)8(11)5-6/h3-5H,2,11H2,1H3,(H,12,13). The van der Waals surface area contributed by atoms with Crippen molar-refractivity contribution in [1.82, 2.24) is 0 Å². The lowest BCUT2D eigenvalue weighted by molar-refractivity contribution is 0.168. The Morgan fingerprint density at radius 1 is 1.64 bits per heavy atom. The number of amides is 1. The lowest BCUT2D eigenvalue weighted by Gasteiger charge is -2.06. The predicted octanol–water partition coefficient (Wildman–Crippen LogP) is 2.60.